The van der Waals surface area contributed by atoms with Crippen LogP contribution in [0.25, 0.3) is 10.9 Å². The molecule has 1 saturated heterocycles. The van der Waals surface area contributed by atoms with Crippen LogP contribution >= 0.6 is 0 Å². The zero-order valence-electron chi connectivity index (χ0n) is 15.3. The Hall–Kier alpha value is -2.29. The van der Waals surface area contributed by atoms with Gasteiger partial charge in [-0.3, -0.25) is 9.67 Å². The number of pyridine rings is 1. The highest BCUT2D eigenvalue weighted by molar-refractivity contribution is 7.89. The van der Waals surface area contributed by atoms with Crippen LogP contribution in [0.15, 0.2) is 47.8 Å². The Morgan fingerprint density at radius 1 is 1.33 bits per heavy atom. The van der Waals surface area contributed by atoms with Crippen LogP contribution < -0.4 is 4.72 Å². The fourth-order valence-electron chi connectivity index (χ4n) is 3.52. The van der Waals surface area contributed by atoms with E-state index in [9.17, 15) is 8.42 Å². The number of ether oxygens (including phenoxy) is 1. The molecule has 2 aromatic heterocycles. The van der Waals surface area contributed by atoms with E-state index >= 15 is 0 Å². The quantitative estimate of drug-likeness (QED) is 0.728. The molecule has 1 aliphatic heterocycles. The van der Waals surface area contributed by atoms with E-state index in [0.29, 0.717) is 23.9 Å². The SMILES string of the molecule is CCn1cc([C@H]2OCC[C@@H]2NS(=O)(=O)c2ccc(C)c3ncccc23)cn1. The van der Waals surface area contributed by atoms with E-state index in [1.165, 1.54) is 0 Å². The van der Waals surface area contributed by atoms with E-state index in [0.717, 1.165) is 17.7 Å². The Balaban J connectivity index is 1.66. The summed E-state index contributed by atoms with van der Waals surface area (Å²) < 4.78 is 36.7. The van der Waals surface area contributed by atoms with E-state index < -0.39 is 10.0 Å². The third-order valence-corrected chi connectivity index (χ3v) is 6.47. The van der Waals surface area contributed by atoms with Gasteiger partial charge in [0.15, 0.2) is 0 Å². The zero-order chi connectivity index (χ0) is 19.0. The fraction of sp³-hybridized carbons (Fsp3) is 0.368. The molecule has 1 fully saturated rings. The van der Waals surface area contributed by atoms with Gasteiger partial charge in [-0.2, -0.15) is 5.10 Å². The van der Waals surface area contributed by atoms with Gasteiger partial charge in [0.1, 0.15) is 6.10 Å². The topological polar surface area (TPSA) is 86.1 Å². The van der Waals surface area contributed by atoms with Crippen molar-refractivity contribution >= 4 is 20.9 Å². The van der Waals surface area contributed by atoms with Crippen LogP contribution in [0, 0.1) is 6.92 Å². The van der Waals surface area contributed by atoms with Crippen molar-refractivity contribution < 1.29 is 13.2 Å². The van der Waals surface area contributed by atoms with Crippen molar-refractivity contribution in [1.82, 2.24) is 19.5 Å². The molecule has 27 heavy (non-hydrogen) atoms. The van der Waals surface area contributed by atoms with Crippen LogP contribution in [0.3, 0.4) is 0 Å². The lowest BCUT2D eigenvalue weighted by molar-refractivity contribution is 0.102. The summed E-state index contributed by atoms with van der Waals surface area (Å²) in [6, 6.07) is 6.64. The Bertz CT molecular complexity index is 1080. The number of benzene rings is 1. The van der Waals surface area contributed by atoms with Gasteiger partial charge in [0.05, 0.1) is 22.7 Å². The molecule has 0 bridgehead atoms. The highest BCUT2D eigenvalue weighted by Crippen LogP contribution is 2.31. The summed E-state index contributed by atoms with van der Waals surface area (Å²) >= 11 is 0. The van der Waals surface area contributed by atoms with Gasteiger partial charge >= 0.3 is 0 Å². The Kier molecular flexibility index (Phi) is 4.71. The van der Waals surface area contributed by atoms with E-state index in [1.807, 2.05) is 24.7 Å². The van der Waals surface area contributed by atoms with E-state index in [1.54, 1.807) is 36.7 Å². The van der Waals surface area contributed by atoms with Gasteiger partial charge in [0, 0.05) is 36.5 Å². The summed E-state index contributed by atoms with van der Waals surface area (Å²) in [4.78, 5) is 4.58. The maximum Gasteiger partial charge on any atom is 0.241 e. The largest absolute Gasteiger partial charge is 0.372 e. The smallest absolute Gasteiger partial charge is 0.241 e. The first-order chi connectivity index (χ1) is 13.0. The molecule has 0 amide bonds. The molecule has 4 rings (SSSR count). The van der Waals surface area contributed by atoms with Gasteiger partial charge in [-0.15, -0.1) is 0 Å². The van der Waals surface area contributed by atoms with Crippen molar-refractivity contribution in [3.8, 4) is 0 Å². The lowest BCUT2D eigenvalue weighted by Crippen LogP contribution is -2.36. The summed E-state index contributed by atoms with van der Waals surface area (Å²) in [6.45, 7) is 5.19. The van der Waals surface area contributed by atoms with Gasteiger partial charge in [0.2, 0.25) is 10.0 Å². The predicted molar refractivity (Wildman–Crippen MR) is 102 cm³/mol. The zero-order valence-corrected chi connectivity index (χ0v) is 16.1. The number of nitrogens with zero attached hydrogens (tertiary/aromatic N) is 3. The highest BCUT2D eigenvalue weighted by atomic mass is 32.2. The third kappa shape index (κ3) is 3.36. The second-order valence-electron chi connectivity index (χ2n) is 6.72. The maximum absolute atomic E-state index is 13.1. The Morgan fingerprint density at radius 2 is 2.19 bits per heavy atom. The molecular formula is C19H22N4O3S. The van der Waals surface area contributed by atoms with Crippen LogP contribution in [0.4, 0.5) is 0 Å². The number of fused-ring (bicyclic) bond motifs is 1. The van der Waals surface area contributed by atoms with Gasteiger partial charge in [-0.05, 0) is 44.0 Å². The van der Waals surface area contributed by atoms with Crippen molar-refractivity contribution in [2.45, 2.75) is 43.9 Å². The third-order valence-electron chi connectivity index (χ3n) is 4.92. The minimum atomic E-state index is -3.72. The molecular weight excluding hydrogens is 364 g/mol. The minimum Gasteiger partial charge on any atom is -0.372 e. The van der Waals surface area contributed by atoms with Crippen LogP contribution in [0.2, 0.25) is 0 Å². The average Bonchev–Trinajstić information content (AvgIpc) is 3.30. The first kappa shape index (κ1) is 18.1. The molecule has 1 aromatic carbocycles. The van der Waals surface area contributed by atoms with Gasteiger partial charge in [-0.1, -0.05) is 6.07 Å². The summed E-state index contributed by atoms with van der Waals surface area (Å²) in [5.41, 5.74) is 2.53. The van der Waals surface area contributed by atoms with E-state index in [4.69, 9.17) is 4.74 Å². The van der Waals surface area contributed by atoms with Gasteiger partial charge in [-0.25, -0.2) is 13.1 Å². The number of hydrogen-bond donors (Lipinski definition) is 1. The minimum absolute atomic E-state index is 0.242. The number of sulfonamides is 1. The molecule has 8 heteroatoms. The first-order valence-corrected chi connectivity index (χ1v) is 10.5. The summed E-state index contributed by atoms with van der Waals surface area (Å²) in [7, 11) is -3.72. The monoisotopic (exact) mass is 386 g/mol. The molecule has 3 heterocycles. The normalized spacial score (nSPS) is 20.4. The molecule has 0 radical (unpaired) electrons. The number of rotatable bonds is 5. The maximum atomic E-state index is 13.1. The van der Waals surface area contributed by atoms with Crippen molar-refractivity contribution in [3.05, 3.63) is 54.0 Å². The van der Waals surface area contributed by atoms with Crippen molar-refractivity contribution in [1.29, 1.82) is 0 Å². The molecule has 142 valence electrons. The summed E-state index contributed by atoms with van der Waals surface area (Å²) in [5, 5.41) is 4.89. The second kappa shape index (κ2) is 7.03. The van der Waals surface area contributed by atoms with Crippen molar-refractivity contribution in [3.63, 3.8) is 0 Å². The molecule has 0 aliphatic carbocycles. The predicted octanol–water partition coefficient (Wildman–Crippen LogP) is 2.57. The fourth-order valence-corrected chi connectivity index (χ4v) is 4.99. The summed E-state index contributed by atoms with van der Waals surface area (Å²) in [6.07, 6.45) is 5.60. The lowest BCUT2D eigenvalue weighted by Gasteiger charge is -2.19. The van der Waals surface area contributed by atoms with Crippen LogP contribution in [0.1, 0.15) is 30.6 Å². The molecule has 1 aliphatic rings. The Morgan fingerprint density at radius 3 is 2.96 bits per heavy atom. The molecule has 0 saturated carbocycles. The molecule has 2 atom stereocenters. The molecule has 3 aromatic rings. The van der Waals surface area contributed by atoms with Gasteiger partial charge in [0.25, 0.3) is 0 Å². The van der Waals surface area contributed by atoms with E-state index in [2.05, 4.69) is 14.8 Å². The lowest BCUT2D eigenvalue weighted by atomic mass is 10.1. The van der Waals surface area contributed by atoms with Crippen molar-refractivity contribution in [2.75, 3.05) is 6.61 Å². The molecule has 7 nitrogen and oxygen atoms in total. The van der Waals surface area contributed by atoms with Crippen molar-refractivity contribution in [2.24, 2.45) is 0 Å². The average molecular weight is 386 g/mol. The molecule has 1 N–H and O–H groups in total. The molecule has 0 spiro atoms. The van der Waals surface area contributed by atoms with Crippen LogP contribution in [0.5, 0.6) is 0 Å². The van der Waals surface area contributed by atoms with Crippen LogP contribution in [-0.4, -0.2) is 35.8 Å². The Labute approximate surface area is 158 Å². The highest BCUT2D eigenvalue weighted by Gasteiger charge is 2.34. The number of hydrogen-bond acceptors (Lipinski definition) is 5. The number of aromatic nitrogens is 3. The first-order valence-electron chi connectivity index (χ1n) is 9.00. The second-order valence-corrected chi connectivity index (χ2v) is 8.40. The summed E-state index contributed by atoms with van der Waals surface area (Å²) in [5.74, 6) is 0. The number of aryl methyl sites for hydroxylation is 2. The standard InChI is InChI=1S/C19H22N4O3S/c1-3-23-12-14(11-21-23)19-16(8-10-26-19)22-27(24,25)17-7-6-13(2)18-15(17)5-4-9-20-18/h4-7,9,11-12,16,19,22H,3,8,10H2,1-2H3/t16-,19+/m0/s1. The van der Waals surface area contributed by atoms with Gasteiger partial charge < -0.3 is 4.74 Å². The number of nitrogens with one attached hydrogen (secondary N) is 1. The van der Waals surface area contributed by atoms with E-state index in [-0.39, 0.29) is 17.0 Å². The molecule has 0 unspecified atom stereocenters. The van der Waals surface area contributed by atoms with Crippen LogP contribution in [-0.2, 0) is 21.3 Å².